The van der Waals surface area contributed by atoms with Crippen LogP contribution >= 0.6 is 0 Å². The van der Waals surface area contributed by atoms with E-state index in [1.54, 1.807) is 19.2 Å². The zero-order chi connectivity index (χ0) is 15.2. The summed E-state index contributed by atoms with van der Waals surface area (Å²) < 4.78 is 47.1. The van der Waals surface area contributed by atoms with Crippen LogP contribution in [0, 0.1) is 0 Å². The highest BCUT2D eigenvalue weighted by atomic mass is 19.4. The van der Waals surface area contributed by atoms with E-state index in [0.29, 0.717) is 17.9 Å². The van der Waals surface area contributed by atoms with E-state index < -0.39 is 12.6 Å². The summed E-state index contributed by atoms with van der Waals surface area (Å²) >= 11 is 0. The summed E-state index contributed by atoms with van der Waals surface area (Å²) in [6.07, 6.45) is -4.46. The Bertz CT molecular complexity index is 421. The minimum Gasteiger partial charge on any atom is -0.493 e. The van der Waals surface area contributed by atoms with E-state index in [0.717, 1.165) is 5.56 Å². The molecule has 1 rings (SSSR count). The zero-order valence-corrected chi connectivity index (χ0v) is 11.9. The van der Waals surface area contributed by atoms with Crippen LogP contribution in [0.15, 0.2) is 18.2 Å². The first-order chi connectivity index (χ1) is 9.42. The average Bonchev–Trinajstić information content (AvgIpc) is 2.41. The fourth-order valence-corrected chi connectivity index (χ4v) is 2.15. The third-order valence-corrected chi connectivity index (χ3v) is 3.11. The van der Waals surface area contributed by atoms with Crippen molar-refractivity contribution >= 4 is 0 Å². The highest BCUT2D eigenvalue weighted by Crippen LogP contribution is 2.36. The van der Waals surface area contributed by atoms with Crippen molar-refractivity contribution in [3.63, 3.8) is 0 Å². The molecule has 1 unspecified atom stereocenters. The third-order valence-electron chi connectivity index (χ3n) is 3.11. The van der Waals surface area contributed by atoms with Gasteiger partial charge in [-0.1, -0.05) is 12.1 Å². The van der Waals surface area contributed by atoms with Gasteiger partial charge in [0.05, 0.1) is 14.2 Å². The molecule has 0 aliphatic rings. The quantitative estimate of drug-likeness (QED) is 0.831. The second-order valence-corrected chi connectivity index (χ2v) is 4.43. The maximum Gasteiger partial charge on any atom is 0.389 e. The third kappa shape index (κ3) is 4.59. The van der Waals surface area contributed by atoms with Crippen LogP contribution in [-0.4, -0.2) is 27.4 Å². The number of rotatable bonds is 7. The number of para-hydroxylation sites is 1. The minimum atomic E-state index is -4.11. The first-order valence-electron chi connectivity index (χ1n) is 6.37. The van der Waals surface area contributed by atoms with Gasteiger partial charge in [0.1, 0.15) is 0 Å². The first-order valence-corrected chi connectivity index (χ1v) is 6.37. The summed E-state index contributed by atoms with van der Waals surface area (Å²) in [6.45, 7) is 0. The summed E-state index contributed by atoms with van der Waals surface area (Å²) in [6, 6.07) is 5.17. The second kappa shape index (κ2) is 7.38. The molecule has 0 aromatic heterocycles. The molecule has 1 atom stereocenters. The van der Waals surface area contributed by atoms with Gasteiger partial charge in [-0.05, 0) is 26.0 Å². The molecule has 20 heavy (non-hydrogen) atoms. The topological polar surface area (TPSA) is 30.5 Å². The number of benzene rings is 1. The van der Waals surface area contributed by atoms with Crippen molar-refractivity contribution in [3.8, 4) is 11.5 Å². The number of halogens is 3. The Morgan fingerprint density at radius 3 is 2.40 bits per heavy atom. The van der Waals surface area contributed by atoms with Crippen LogP contribution in [0.25, 0.3) is 0 Å². The van der Waals surface area contributed by atoms with Crippen molar-refractivity contribution in [2.24, 2.45) is 0 Å². The highest BCUT2D eigenvalue weighted by molar-refractivity contribution is 5.48. The van der Waals surface area contributed by atoms with Crippen molar-refractivity contribution in [2.45, 2.75) is 31.5 Å². The van der Waals surface area contributed by atoms with Gasteiger partial charge in [0, 0.05) is 18.0 Å². The lowest BCUT2D eigenvalue weighted by atomic mass is 9.99. The predicted molar refractivity (Wildman–Crippen MR) is 71.3 cm³/mol. The monoisotopic (exact) mass is 291 g/mol. The molecule has 0 radical (unpaired) electrons. The van der Waals surface area contributed by atoms with Crippen LogP contribution in [0.5, 0.6) is 11.5 Å². The molecule has 0 aliphatic heterocycles. The van der Waals surface area contributed by atoms with E-state index in [-0.39, 0.29) is 12.5 Å². The number of hydrogen-bond acceptors (Lipinski definition) is 3. The van der Waals surface area contributed by atoms with Gasteiger partial charge in [0.25, 0.3) is 0 Å². The van der Waals surface area contributed by atoms with Gasteiger partial charge in [-0.25, -0.2) is 0 Å². The smallest absolute Gasteiger partial charge is 0.389 e. The van der Waals surface area contributed by atoms with E-state index in [4.69, 9.17) is 9.47 Å². The average molecular weight is 291 g/mol. The molecule has 0 amide bonds. The van der Waals surface area contributed by atoms with Crippen LogP contribution in [0.2, 0.25) is 0 Å². The van der Waals surface area contributed by atoms with Crippen molar-refractivity contribution in [1.29, 1.82) is 0 Å². The molecule has 0 saturated heterocycles. The molecule has 0 spiro atoms. The summed E-state index contributed by atoms with van der Waals surface area (Å²) in [5, 5.41) is 3.03. The van der Waals surface area contributed by atoms with E-state index >= 15 is 0 Å². The lowest BCUT2D eigenvalue weighted by molar-refractivity contribution is -0.135. The maximum absolute atomic E-state index is 12.2. The van der Waals surface area contributed by atoms with E-state index in [9.17, 15) is 13.2 Å². The molecule has 1 aromatic rings. The van der Waals surface area contributed by atoms with Crippen LogP contribution in [0.1, 0.15) is 30.9 Å². The summed E-state index contributed by atoms with van der Waals surface area (Å²) in [4.78, 5) is 0. The van der Waals surface area contributed by atoms with Gasteiger partial charge >= 0.3 is 6.18 Å². The lowest BCUT2D eigenvalue weighted by Crippen LogP contribution is -2.18. The molecule has 0 fully saturated rings. The Kier molecular flexibility index (Phi) is 6.13. The fraction of sp³-hybridized carbons (Fsp3) is 0.571. The maximum atomic E-state index is 12.2. The van der Waals surface area contributed by atoms with E-state index in [1.165, 1.54) is 14.2 Å². The Morgan fingerprint density at radius 1 is 1.20 bits per heavy atom. The molecule has 3 nitrogen and oxygen atoms in total. The normalized spacial score (nSPS) is 13.1. The predicted octanol–water partition coefficient (Wildman–Crippen LogP) is 3.70. The van der Waals surface area contributed by atoms with E-state index in [1.807, 2.05) is 6.07 Å². The van der Waals surface area contributed by atoms with Gasteiger partial charge in [-0.3, -0.25) is 0 Å². The molecule has 0 bridgehead atoms. The Hall–Kier alpha value is -1.43. The molecule has 6 heteroatoms. The van der Waals surface area contributed by atoms with Gasteiger partial charge in [-0.15, -0.1) is 0 Å². The number of nitrogens with one attached hydrogen (secondary N) is 1. The Balaban J connectivity index is 2.84. The van der Waals surface area contributed by atoms with Crippen molar-refractivity contribution in [3.05, 3.63) is 23.8 Å². The van der Waals surface area contributed by atoms with Gasteiger partial charge in [-0.2, -0.15) is 13.2 Å². The van der Waals surface area contributed by atoms with E-state index in [2.05, 4.69) is 5.32 Å². The van der Waals surface area contributed by atoms with Gasteiger partial charge in [0.15, 0.2) is 11.5 Å². The van der Waals surface area contributed by atoms with Crippen LogP contribution in [0.4, 0.5) is 13.2 Å². The Labute approximate surface area is 117 Å². The molecule has 0 heterocycles. The standard InChI is InChI=1S/C14H20F3NO2/c1-18-11(7-5-9-14(15,16)17)10-6-4-8-12(19-2)13(10)20-3/h4,6,8,11,18H,5,7,9H2,1-3H3. The molecular formula is C14H20F3NO2. The second-order valence-electron chi connectivity index (χ2n) is 4.43. The summed E-state index contributed by atoms with van der Waals surface area (Å²) in [7, 11) is 4.76. The number of alkyl halides is 3. The molecule has 1 N–H and O–H groups in total. The first kappa shape index (κ1) is 16.6. The number of hydrogen-bond donors (Lipinski definition) is 1. The lowest BCUT2D eigenvalue weighted by Gasteiger charge is -2.21. The van der Waals surface area contributed by atoms with Gasteiger partial charge < -0.3 is 14.8 Å². The molecule has 114 valence electrons. The van der Waals surface area contributed by atoms with Crippen molar-refractivity contribution in [2.75, 3.05) is 21.3 Å². The summed E-state index contributed by atoms with van der Waals surface area (Å²) in [5.41, 5.74) is 0.802. The number of ether oxygens (including phenoxy) is 2. The van der Waals surface area contributed by atoms with Gasteiger partial charge in [0.2, 0.25) is 0 Å². The van der Waals surface area contributed by atoms with Crippen molar-refractivity contribution < 1.29 is 22.6 Å². The highest BCUT2D eigenvalue weighted by Gasteiger charge is 2.27. The SMILES string of the molecule is CNC(CCCC(F)(F)F)c1cccc(OC)c1OC. The molecule has 0 aliphatic carbocycles. The minimum absolute atomic E-state index is 0.0649. The van der Waals surface area contributed by atoms with Crippen LogP contribution in [0.3, 0.4) is 0 Å². The zero-order valence-electron chi connectivity index (χ0n) is 11.9. The molecular weight excluding hydrogens is 271 g/mol. The van der Waals surface area contributed by atoms with Crippen LogP contribution in [-0.2, 0) is 0 Å². The molecule has 1 aromatic carbocycles. The largest absolute Gasteiger partial charge is 0.493 e. The summed E-state index contributed by atoms with van der Waals surface area (Å²) in [5.74, 6) is 1.13. The molecule has 0 saturated carbocycles. The Morgan fingerprint density at radius 2 is 1.90 bits per heavy atom. The fourth-order valence-electron chi connectivity index (χ4n) is 2.15. The number of methoxy groups -OCH3 is 2. The van der Waals surface area contributed by atoms with Crippen molar-refractivity contribution in [1.82, 2.24) is 5.32 Å². The van der Waals surface area contributed by atoms with Crippen LogP contribution < -0.4 is 14.8 Å².